The van der Waals surface area contributed by atoms with E-state index < -0.39 is 0 Å². The van der Waals surface area contributed by atoms with Gasteiger partial charge in [0.1, 0.15) is 5.15 Å². The Morgan fingerprint density at radius 3 is 2.60 bits per heavy atom. The van der Waals surface area contributed by atoms with Crippen molar-refractivity contribution in [3.63, 3.8) is 0 Å². The number of ketones is 1. The fraction of sp³-hybridized carbons (Fsp3) is 0.222. The van der Waals surface area contributed by atoms with Gasteiger partial charge in [0.25, 0.3) is 0 Å². The standard InChI is InChI=1S/C9H6Cl2N2O2/c10-6-2-8(11)12-3-7(6)13-4-5(14)1-9(13)15/h2-3H,1,4H2. The molecule has 0 spiro atoms. The number of carbonyl (C=O) groups is 2. The summed E-state index contributed by atoms with van der Waals surface area (Å²) in [5, 5.41) is 0.569. The molecule has 0 aliphatic carbocycles. The minimum absolute atomic E-state index is 0.0574. The lowest BCUT2D eigenvalue weighted by atomic mass is 10.3. The Balaban J connectivity index is 2.38. The fourth-order valence-corrected chi connectivity index (χ4v) is 1.87. The third kappa shape index (κ3) is 1.96. The van der Waals surface area contributed by atoms with Crippen LogP contribution in [0.25, 0.3) is 0 Å². The second-order valence-corrected chi connectivity index (χ2v) is 3.95. The molecule has 0 N–H and O–H groups in total. The Kier molecular flexibility index (Phi) is 2.63. The molecule has 78 valence electrons. The van der Waals surface area contributed by atoms with Crippen molar-refractivity contribution in [2.75, 3.05) is 11.4 Å². The van der Waals surface area contributed by atoms with Gasteiger partial charge in [-0.05, 0) is 6.07 Å². The van der Waals surface area contributed by atoms with E-state index in [0.29, 0.717) is 10.7 Å². The smallest absolute Gasteiger partial charge is 0.235 e. The minimum atomic E-state index is -0.258. The molecule has 0 radical (unpaired) electrons. The number of amides is 1. The van der Waals surface area contributed by atoms with Crippen molar-refractivity contribution < 1.29 is 9.59 Å². The van der Waals surface area contributed by atoms with Gasteiger partial charge in [0.2, 0.25) is 5.91 Å². The van der Waals surface area contributed by atoms with Crippen LogP contribution in [0.1, 0.15) is 6.42 Å². The van der Waals surface area contributed by atoms with Crippen LogP contribution in [-0.2, 0) is 9.59 Å². The SMILES string of the molecule is O=C1CC(=O)N(c2cnc(Cl)cc2Cl)C1. The number of aromatic nitrogens is 1. The number of pyridine rings is 1. The normalized spacial score (nSPS) is 16.3. The van der Waals surface area contributed by atoms with E-state index >= 15 is 0 Å². The maximum Gasteiger partial charge on any atom is 0.235 e. The molecule has 2 heterocycles. The summed E-state index contributed by atoms with van der Waals surface area (Å²) in [6.07, 6.45) is 1.32. The van der Waals surface area contributed by atoms with Gasteiger partial charge in [-0.2, -0.15) is 0 Å². The number of halogens is 2. The zero-order valence-electron chi connectivity index (χ0n) is 7.54. The maximum atomic E-state index is 11.4. The van der Waals surface area contributed by atoms with Crippen LogP contribution in [-0.4, -0.2) is 23.2 Å². The van der Waals surface area contributed by atoms with Crippen molar-refractivity contribution in [3.8, 4) is 0 Å². The highest BCUT2D eigenvalue weighted by Gasteiger charge is 2.30. The lowest BCUT2D eigenvalue weighted by molar-refractivity contribution is -0.121. The molecule has 0 bridgehead atoms. The zero-order chi connectivity index (χ0) is 11.0. The molecule has 1 amide bonds. The van der Waals surface area contributed by atoms with Gasteiger partial charge < -0.3 is 4.90 Å². The summed E-state index contributed by atoms with van der Waals surface area (Å²) in [4.78, 5) is 27.6. The Bertz CT molecular complexity index is 448. The Hall–Kier alpha value is -1.13. The van der Waals surface area contributed by atoms with Crippen molar-refractivity contribution in [1.29, 1.82) is 0 Å². The van der Waals surface area contributed by atoms with E-state index in [1.54, 1.807) is 0 Å². The van der Waals surface area contributed by atoms with E-state index in [1.807, 2.05) is 0 Å². The number of rotatable bonds is 1. The van der Waals surface area contributed by atoms with Crippen molar-refractivity contribution in [2.24, 2.45) is 0 Å². The molecule has 4 nitrogen and oxygen atoms in total. The second kappa shape index (κ2) is 3.79. The molecule has 0 saturated carbocycles. The Labute approximate surface area is 95.8 Å². The molecule has 1 aliphatic heterocycles. The van der Waals surface area contributed by atoms with E-state index in [2.05, 4.69) is 4.98 Å². The highest BCUT2D eigenvalue weighted by molar-refractivity contribution is 6.36. The topological polar surface area (TPSA) is 50.3 Å². The van der Waals surface area contributed by atoms with Crippen LogP contribution in [0.3, 0.4) is 0 Å². The predicted molar refractivity (Wildman–Crippen MR) is 56.2 cm³/mol. The van der Waals surface area contributed by atoms with Crippen LogP contribution in [0.2, 0.25) is 10.2 Å². The number of Topliss-reactive ketones (excluding diaryl/α,β-unsaturated/α-hetero) is 1. The first-order chi connectivity index (χ1) is 7.08. The molecule has 1 aromatic rings. The monoisotopic (exact) mass is 244 g/mol. The molecule has 1 fully saturated rings. The number of hydrogen-bond donors (Lipinski definition) is 0. The molecule has 6 heteroatoms. The first-order valence-corrected chi connectivity index (χ1v) is 4.96. The molecule has 0 aromatic carbocycles. The first kappa shape index (κ1) is 10.4. The second-order valence-electron chi connectivity index (χ2n) is 3.15. The summed E-state index contributed by atoms with van der Waals surface area (Å²) in [6, 6.07) is 1.44. The molecule has 0 unspecified atom stereocenters. The van der Waals surface area contributed by atoms with E-state index in [1.165, 1.54) is 17.2 Å². The van der Waals surface area contributed by atoms with E-state index in [4.69, 9.17) is 23.2 Å². The molecule has 1 aromatic heterocycles. The molecular weight excluding hydrogens is 239 g/mol. The number of anilines is 1. The largest absolute Gasteiger partial charge is 0.302 e. The predicted octanol–water partition coefficient (Wildman–Crippen LogP) is 1.69. The zero-order valence-corrected chi connectivity index (χ0v) is 9.05. The highest BCUT2D eigenvalue weighted by Crippen LogP contribution is 2.29. The van der Waals surface area contributed by atoms with Crippen molar-refractivity contribution in [1.82, 2.24) is 4.98 Å². The van der Waals surface area contributed by atoms with Gasteiger partial charge in [-0.25, -0.2) is 4.98 Å². The molecule has 15 heavy (non-hydrogen) atoms. The average molecular weight is 245 g/mol. The summed E-state index contributed by atoms with van der Waals surface area (Å²) < 4.78 is 0. The van der Waals surface area contributed by atoms with Crippen LogP contribution < -0.4 is 4.90 Å². The van der Waals surface area contributed by atoms with Crippen LogP contribution in [0.4, 0.5) is 5.69 Å². The van der Waals surface area contributed by atoms with Crippen LogP contribution in [0.5, 0.6) is 0 Å². The van der Waals surface area contributed by atoms with Gasteiger partial charge in [0.05, 0.1) is 29.9 Å². The Morgan fingerprint density at radius 1 is 1.33 bits per heavy atom. The Morgan fingerprint density at radius 2 is 2.07 bits per heavy atom. The van der Waals surface area contributed by atoms with Gasteiger partial charge in [-0.3, -0.25) is 9.59 Å². The fourth-order valence-electron chi connectivity index (χ4n) is 1.40. The van der Waals surface area contributed by atoms with Gasteiger partial charge >= 0.3 is 0 Å². The third-order valence-corrected chi connectivity index (χ3v) is 2.58. The first-order valence-electron chi connectivity index (χ1n) is 4.21. The average Bonchev–Trinajstić information content (AvgIpc) is 2.45. The van der Waals surface area contributed by atoms with Crippen LogP contribution in [0, 0.1) is 0 Å². The summed E-state index contributed by atoms with van der Waals surface area (Å²) >= 11 is 11.5. The van der Waals surface area contributed by atoms with Crippen molar-refractivity contribution in [2.45, 2.75) is 6.42 Å². The van der Waals surface area contributed by atoms with Crippen LogP contribution in [0.15, 0.2) is 12.3 Å². The molecule has 1 aliphatic rings. The van der Waals surface area contributed by atoms with Gasteiger partial charge in [-0.1, -0.05) is 23.2 Å². The highest BCUT2D eigenvalue weighted by atomic mass is 35.5. The molecular formula is C9H6Cl2N2O2. The van der Waals surface area contributed by atoms with Crippen molar-refractivity contribution in [3.05, 3.63) is 22.4 Å². The van der Waals surface area contributed by atoms with E-state index in [9.17, 15) is 9.59 Å². The summed E-state index contributed by atoms with van der Waals surface area (Å²) in [5.74, 6) is -0.378. The van der Waals surface area contributed by atoms with Gasteiger partial charge in [0.15, 0.2) is 5.78 Å². The van der Waals surface area contributed by atoms with Gasteiger partial charge in [0, 0.05) is 0 Å². The quantitative estimate of drug-likeness (QED) is 0.558. The third-order valence-electron chi connectivity index (χ3n) is 2.08. The molecule has 2 rings (SSSR count). The number of carbonyl (C=O) groups excluding carboxylic acids is 2. The number of nitrogens with zero attached hydrogens (tertiary/aromatic N) is 2. The number of hydrogen-bond acceptors (Lipinski definition) is 3. The molecule has 0 atom stereocenters. The van der Waals surface area contributed by atoms with E-state index in [0.717, 1.165) is 0 Å². The maximum absolute atomic E-state index is 11.4. The summed E-state index contributed by atoms with van der Waals surface area (Å²) in [5.41, 5.74) is 0.428. The molecule has 1 saturated heterocycles. The summed E-state index contributed by atoms with van der Waals surface area (Å²) in [6.45, 7) is 0.0574. The minimum Gasteiger partial charge on any atom is -0.302 e. The lowest BCUT2D eigenvalue weighted by Crippen LogP contribution is -2.24. The van der Waals surface area contributed by atoms with Gasteiger partial charge in [-0.15, -0.1) is 0 Å². The van der Waals surface area contributed by atoms with E-state index in [-0.39, 0.29) is 29.8 Å². The summed E-state index contributed by atoms with van der Waals surface area (Å²) in [7, 11) is 0. The van der Waals surface area contributed by atoms with Crippen molar-refractivity contribution >= 4 is 40.6 Å². The van der Waals surface area contributed by atoms with Crippen LogP contribution >= 0.6 is 23.2 Å². The lowest BCUT2D eigenvalue weighted by Gasteiger charge is -2.15.